The van der Waals surface area contributed by atoms with Crippen molar-refractivity contribution >= 4 is 5.69 Å². The van der Waals surface area contributed by atoms with Gasteiger partial charge < -0.3 is 4.90 Å². The van der Waals surface area contributed by atoms with Gasteiger partial charge in [0.25, 0.3) is 5.69 Å². The molecule has 104 valence electrons. The minimum atomic E-state index is -0.318. The van der Waals surface area contributed by atoms with Crippen LogP contribution in [0.4, 0.5) is 5.69 Å². The van der Waals surface area contributed by atoms with Crippen molar-refractivity contribution in [2.75, 3.05) is 13.6 Å². The average Bonchev–Trinajstić information content (AvgIpc) is 2.46. The third-order valence-corrected chi connectivity index (χ3v) is 3.21. The fourth-order valence-electron chi connectivity index (χ4n) is 2.14. The first kappa shape index (κ1) is 14.1. The SMILES string of the molecule is C[NH+](CCc1ccccn1)Cc1ccccc1[N+](=O)[O-]. The number of nitro groups is 1. The Morgan fingerprint density at radius 1 is 1.20 bits per heavy atom. The Morgan fingerprint density at radius 3 is 2.65 bits per heavy atom. The first-order chi connectivity index (χ1) is 9.66. The molecule has 0 bridgehead atoms. The number of nitrogens with one attached hydrogen (secondary N) is 1. The summed E-state index contributed by atoms with van der Waals surface area (Å²) in [5, 5.41) is 11.0. The van der Waals surface area contributed by atoms with E-state index < -0.39 is 0 Å². The summed E-state index contributed by atoms with van der Waals surface area (Å²) < 4.78 is 0. The first-order valence-electron chi connectivity index (χ1n) is 6.60. The van der Waals surface area contributed by atoms with Crippen LogP contribution >= 0.6 is 0 Å². The largest absolute Gasteiger partial charge is 0.333 e. The molecule has 2 aromatic rings. The molecule has 0 amide bonds. The molecule has 2 rings (SSSR count). The summed E-state index contributed by atoms with van der Waals surface area (Å²) in [7, 11) is 2.04. The van der Waals surface area contributed by atoms with Crippen molar-refractivity contribution in [1.29, 1.82) is 0 Å². The highest BCUT2D eigenvalue weighted by Crippen LogP contribution is 2.16. The van der Waals surface area contributed by atoms with E-state index in [0.29, 0.717) is 6.54 Å². The number of benzene rings is 1. The van der Waals surface area contributed by atoms with Gasteiger partial charge >= 0.3 is 0 Å². The van der Waals surface area contributed by atoms with Crippen molar-refractivity contribution in [3.63, 3.8) is 0 Å². The number of quaternary nitrogens is 1. The molecule has 0 aliphatic rings. The van der Waals surface area contributed by atoms with E-state index in [0.717, 1.165) is 24.2 Å². The Bertz CT molecular complexity index is 572. The van der Waals surface area contributed by atoms with Crippen molar-refractivity contribution in [2.24, 2.45) is 0 Å². The molecule has 1 aromatic carbocycles. The second-order valence-electron chi connectivity index (χ2n) is 4.84. The Morgan fingerprint density at radius 2 is 1.95 bits per heavy atom. The summed E-state index contributed by atoms with van der Waals surface area (Å²) >= 11 is 0. The van der Waals surface area contributed by atoms with E-state index in [4.69, 9.17) is 0 Å². The number of nitro benzene ring substituents is 1. The van der Waals surface area contributed by atoms with Gasteiger partial charge in [-0.2, -0.15) is 0 Å². The molecule has 0 saturated carbocycles. The molecule has 5 heteroatoms. The molecule has 1 N–H and O–H groups in total. The van der Waals surface area contributed by atoms with Crippen molar-refractivity contribution in [3.05, 3.63) is 70.0 Å². The third-order valence-electron chi connectivity index (χ3n) is 3.21. The van der Waals surface area contributed by atoms with Crippen LogP contribution in [0.25, 0.3) is 0 Å². The van der Waals surface area contributed by atoms with Crippen LogP contribution in [0.15, 0.2) is 48.7 Å². The summed E-state index contributed by atoms with van der Waals surface area (Å²) in [6.07, 6.45) is 2.65. The third kappa shape index (κ3) is 3.86. The summed E-state index contributed by atoms with van der Waals surface area (Å²) in [5.74, 6) is 0. The molecule has 0 fully saturated rings. The van der Waals surface area contributed by atoms with Crippen LogP contribution in [-0.2, 0) is 13.0 Å². The van der Waals surface area contributed by atoms with Crippen LogP contribution in [-0.4, -0.2) is 23.5 Å². The Labute approximate surface area is 118 Å². The van der Waals surface area contributed by atoms with Crippen molar-refractivity contribution in [3.8, 4) is 0 Å². The van der Waals surface area contributed by atoms with Crippen LogP contribution in [0.2, 0.25) is 0 Å². The van der Waals surface area contributed by atoms with Gasteiger partial charge in [-0.05, 0) is 18.2 Å². The van der Waals surface area contributed by atoms with E-state index in [9.17, 15) is 10.1 Å². The number of para-hydroxylation sites is 1. The number of hydrogen-bond acceptors (Lipinski definition) is 3. The van der Waals surface area contributed by atoms with Gasteiger partial charge in [0.1, 0.15) is 6.54 Å². The number of pyridine rings is 1. The number of nitrogens with zero attached hydrogens (tertiary/aromatic N) is 2. The zero-order chi connectivity index (χ0) is 14.4. The van der Waals surface area contributed by atoms with Crippen LogP contribution in [0.5, 0.6) is 0 Å². The predicted octanol–water partition coefficient (Wildman–Crippen LogP) is 1.25. The first-order valence-corrected chi connectivity index (χ1v) is 6.60. The lowest BCUT2D eigenvalue weighted by Gasteiger charge is -2.13. The molecule has 0 spiro atoms. The van der Waals surface area contributed by atoms with Gasteiger partial charge in [-0.1, -0.05) is 18.2 Å². The molecule has 1 aromatic heterocycles. The van der Waals surface area contributed by atoms with Crippen molar-refractivity contribution < 1.29 is 9.82 Å². The smallest absolute Gasteiger partial charge is 0.278 e. The highest BCUT2D eigenvalue weighted by molar-refractivity contribution is 5.38. The number of hydrogen-bond donors (Lipinski definition) is 1. The Hall–Kier alpha value is -2.27. The maximum absolute atomic E-state index is 11.0. The van der Waals surface area contributed by atoms with Crippen LogP contribution in [0.3, 0.4) is 0 Å². The fourth-order valence-corrected chi connectivity index (χ4v) is 2.14. The zero-order valence-electron chi connectivity index (χ0n) is 11.5. The second kappa shape index (κ2) is 6.77. The van der Waals surface area contributed by atoms with Crippen molar-refractivity contribution in [2.45, 2.75) is 13.0 Å². The van der Waals surface area contributed by atoms with E-state index in [2.05, 4.69) is 4.98 Å². The molecule has 1 atom stereocenters. The number of aromatic nitrogens is 1. The molecule has 1 heterocycles. The van der Waals surface area contributed by atoms with Crippen LogP contribution in [0, 0.1) is 10.1 Å². The number of rotatable bonds is 6. The molecular formula is C15H18N3O2+. The molecule has 1 unspecified atom stereocenters. The fraction of sp³-hybridized carbons (Fsp3) is 0.267. The van der Waals surface area contributed by atoms with E-state index in [1.807, 2.05) is 37.4 Å². The maximum atomic E-state index is 11.0. The summed E-state index contributed by atoms with van der Waals surface area (Å²) in [6, 6.07) is 12.8. The highest BCUT2D eigenvalue weighted by Gasteiger charge is 2.15. The van der Waals surface area contributed by atoms with E-state index in [1.54, 1.807) is 18.3 Å². The molecular weight excluding hydrogens is 254 g/mol. The van der Waals surface area contributed by atoms with Gasteiger partial charge in [0.05, 0.1) is 24.1 Å². The highest BCUT2D eigenvalue weighted by atomic mass is 16.6. The summed E-state index contributed by atoms with van der Waals surface area (Å²) in [5.41, 5.74) is 2.02. The standard InChI is InChI=1S/C15H17N3O2/c1-17(11-9-14-7-4-5-10-16-14)12-13-6-2-3-8-15(13)18(19)20/h2-8,10H,9,11-12H2,1H3/p+1. The predicted molar refractivity (Wildman–Crippen MR) is 76.5 cm³/mol. The molecule has 0 saturated heterocycles. The molecule has 5 nitrogen and oxygen atoms in total. The van der Waals surface area contributed by atoms with Gasteiger partial charge in [-0.3, -0.25) is 15.1 Å². The van der Waals surface area contributed by atoms with Gasteiger partial charge in [-0.25, -0.2) is 0 Å². The normalized spacial score (nSPS) is 12.1. The lowest BCUT2D eigenvalue weighted by Crippen LogP contribution is -3.07. The van der Waals surface area contributed by atoms with Crippen LogP contribution < -0.4 is 4.90 Å². The minimum absolute atomic E-state index is 0.199. The second-order valence-corrected chi connectivity index (χ2v) is 4.84. The zero-order valence-corrected chi connectivity index (χ0v) is 11.5. The van der Waals surface area contributed by atoms with Gasteiger partial charge in [0.2, 0.25) is 0 Å². The summed E-state index contributed by atoms with van der Waals surface area (Å²) in [6.45, 7) is 1.53. The van der Waals surface area contributed by atoms with E-state index in [1.165, 1.54) is 4.90 Å². The molecule has 0 aliphatic heterocycles. The van der Waals surface area contributed by atoms with Crippen molar-refractivity contribution in [1.82, 2.24) is 4.98 Å². The van der Waals surface area contributed by atoms with Gasteiger partial charge in [-0.15, -0.1) is 0 Å². The Kier molecular flexibility index (Phi) is 4.79. The van der Waals surface area contributed by atoms with E-state index >= 15 is 0 Å². The number of likely N-dealkylation sites (N-methyl/N-ethyl adjacent to an activating group) is 1. The minimum Gasteiger partial charge on any atom is -0.333 e. The molecule has 0 aliphatic carbocycles. The average molecular weight is 272 g/mol. The lowest BCUT2D eigenvalue weighted by atomic mass is 10.1. The van der Waals surface area contributed by atoms with Crippen LogP contribution in [0.1, 0.15) is 11.3 Å². The monoisotopic (exact) mass is 272 g/mol. The summed E-state index contributed by atoms with van der Waals surface area (Å²) in [4.78, 5) is 16.2. The lowest BCUT2D eigenvalue weighted by molar-refractivity contribution is -0.893. The van der Waals surface area contributed by atoms with E-state index in [-0.39, 0.29) is 10.6 Å². The molecule has 0 radical (unpaired) electrons. The quantitative estimate of drug-likeness (QED) is 0.636. The Balaban J connectivity index is 1.95. The van der Waals surface area contributed by atoms with Gasteiger partial charge in [0.15, 0.2) is 0 Å². The molecule has 20 heavy (non-hydrogen) atoms. The maximum Gasteiger partial charge on any atom is 0.278 e. The van der Waals surface area contributed by atoms with Gasteiger partial charge in [0, 0.05) is 24.4 Å². The topological polar surface area (TPSA) is 60.5 Å².